The number of carbonyl (C=O) groups is 1. The van der Waals surface area contributed by atoms with Crippen LogP contribution in [-0.4, -0.2) is 22.0 Å². The molecule has 2 nitrogen and oxygen atoms in total. The average Bonchev–Trinajstić information content (AvgIpc) is 2.44. The second-order valence-corrected chi connectivity index (χ2v) is 6.63. The van der Waals surface area contributed by atoms with E-state index in [2.05, 4.69) is 37.4 Å². The molecule has 0 aliphatic rings. The Morgan fingerprint density at radius 2 is 1.81 bits per heavy atom. The van der Waals surface area contributed by atoms with Crippen molar-refractivity contribution >= 4 is 37.4 Å². The third-order valence-corrected chi connectivity index (χ3v) is 5.26. The summed E-state index contributed by atoms with van der Waals surface area (Å²) in [4.78, 5) is 12.2. The van der Waals surface area contributed by atoms with Crippen LogP contribution in [0.3, 0.4) is 0 Å². The highest BCUT2D eigenvalue weighted by molar-refractivity contribution is 6.69. The van der Waals surface area contributed by atoms with Gasteiger partial charge in [-0.2, -0.15) is 0 Å². The van der Waals surface area contributed by atoms with Crippen molar-refractivity contribution in [3.8, 4) is 0 Å². The van der Waals surface area contributed by atoms with Gasteiger partial charge in [0.15, 0.2) is 0 Å². The zero-order valence-electron chi connectivity index (χ0n) is 12.5. The van der Waals surface area contributed by atoms with Gasteiger partial charge in [0.1, 0.15) is 9.52 Å². The van der Waals surface area contributed by atoms with Gasteiger partial charge in [-0.25, -0.2) is 0 Å². The lowest BCUT2D eigenvalue weighted by Crippen LogP contribution is -2.37. The number of hydrogen-bond donors (Lipinski definition) is 1. The molecule has 0 bridgehead atoms. The first-order valence-corrected chi connectivity index (χ1v) is 8.32. The average molecular weight is 316 g/mol. The number of hydrogen-bond acceptors (Lipinski definition) is 1. The molecule has 0 aromatic heterocycles. The molecule has 0 spiro atoms. The molecular formula is C17H18ClNOSi. The molecule has 4 heteroatoms. The fraction of sp³-hybridized carbons (Fsp3) is 0.235. The molecule has 1 amide bonds. The number of halogens is 1. The Kier molecular flexibility index (Phi) is 5.20. The number of benzene rings is 2. The molecule has 108 valence electrons. The van der Waals surface area contributed by atoms with E-state index in [1.54, 1.807) is 6.07 Å². The summed E-state index contributed by atoms with van der Waals surface area (Å²) in [6, 6.07) is 11.9. The van der Waals surface area contributed by atoms with Crippen LogP contribution in [0.15, 0.2) is 36.4 Å². The van der Waals surface area contributed by atoms with E-state index in [0.29, 0.717) is 26.7 Å². The maximum absolute atomic E-state index is 12.2. The smallest absolute Gasteiger partial charge is 0.252 e. The minimum Gasteiger partial charge on any atom is -0.352 e. The van der Waals surface area contributed by atoms with Gasteiger partial charge in [-0.1, -0.05) is 47.1 Å². The molecule has 2 radical (unpaired) electrons. The Labute approximate surface area is 133 Å². The van der Waals surface area contributed by atoms with Crippen molar-refractivity contribution in [1.29, 1.82) is 0 Å². The van der Waals surface area contributed by atoms with E-state index in [-0.39, 0.29) is 5.91 Å². The first-order chi connectivity index (χ1) is 10.0. The van der Waals surface area contributed by atoms with Crippen LogP contribution < -0.4 is 15.7 Å². The molecular weight excluding hydrogens is 298 g/mol. The molecule has 2 rings (SSSR count). The number of amides is 1. The quantitative estimate of drug-likeness (QED) is 0.862. The summed E-state index contributed by atoms with van der Waals surface area (Å²) >= 11 is 6.24. The first kappa shape index (κ1) is 15.8. The van der Waals surface area contributed by atoms with Crippen molar-refractivity contribution < 1.29 is 4.79 Å². The molecule has 0 aliphatic carbocycles. The van der Waals surface area contributed by atoms with Crippen molar-refractivity contribution in [1.82, 2.24) is 5.32 Å². The standard InChI is InChI=1S/C17H18ClNOSi/c1-4-19-17(20)16-13(18)8-6-10-15(16)21-14-9-5-7-11(2)12(14)3/h5-10H,4H2,1-3H3,(H,19,20). The molecule has 2 aromatic rings. The summed E-state index contributed by atoms with van der Waals surface area (Å²) in [5, 5.41) is 5.59. The van der Waals surface area contributed by atoms with E-state index in [4.69, 9.17) is 11.6 Å². The Morgan fingerprint density at radius 3 is 2.52 bits per heavy atom. The van der Waals surface area contributed by atoms with Crippen LogP contribution in [0.5, 0.6) is 0 Å². The minimum atomic E-state index is -0.101. The van der Waals surface area contributed by atoms with E-state index >= 15 is 0 Å². The van der Waals surface area contributed by atoms with Crippen LogP contribution in [0.2, 0.25) is 5.02 Å². The van der Waals surface area contributed by atoms with Crippen molar-refractivity contribution in [2.75, 3.05) is 6.54 Å². The molecule has 21 heavy (non-hydrogen) atoms. The van der Waals surface area contributed by atoms with Gasteiger partial charge in [0.05, 0.1) is 10.6 Å². The van der Waals surface area contributed by atoms with Gasteiger partial charge < -0.3 is 5.32 Å². The Bertz CT molecular complexity index is 670. The topological polar surface area (TPSA) is 29.1 Å². The highest BCUT2D eigenvalue weighted by Gasteiger charge is 2.16. The second kappa shape index (κ2) is 6.92. The summed E-state index contributed by atoms with van der Waals surface area (Å²) in [7, 11) is 0.419. The molecule has 0 saturated heterocycles. The molecule has 0 aliphatic heterocycles. The normalized spacial score (nSPS) is 10.5. The van der Waals surface area contributed by atoms with Gasteiger partial charge in [-0.15, -0.1) is 0 Å². The molecule has 0 heterocycles. The van der Waals surface area contributed by atoms with E-state index in [1.807, 2.05) is 19.1 Å². The molecule has 0 saturated carbocycles. The van der Waals surface area contributed by atoms with Gasteiger partial charge in [-0.3, -0.25) is 4.79 Å². The largest absolute Gasteiger partial charge is 0.352 e. The fourth-order valence-corrected chi connectivity index (χ4v) is 3.89. The minimum absolute atomic E-state index is 0.101. The molecule has 0 unspecified atom stereocenters. The summed E-state index contributed by atoms with van der Waals surface area (Å²) in [6.45, 7) is 6.72. The van der Waals surface area contributed by atoms with E-state index in [1.165, 1.54) is 16.3 Å². The van der Waals surface area contributed by atoms with E-state index < -0.39 is 0 Å². The maximum atomic E-state index is 12.2. The number of rotatable bonds is 4. The Balaban J connectivity index is 2.43. The van der Waals surface area contributed by atoms with Crippen LogP contribution in [-0.2, 0) is 0 Å². The fourth-order valence-electron chi connectivity index (χ4n) is 2.14. The van der Waals surface area contributed by atoms with Crippen LogP contribution in [0.1, 0.15) is 28.4 Å². The molecule has 0 fully saturated rings. The van der Waals surface area contributed by atoms with Gasteiger partial charge in [0, 0.05) is 6.54 Å². The van der Waals surface area contributed by atoms with E-state index in [9.17, 15) is 4.79 Å². The van der Waals surface area contributed by atoms with Crippen molar-refractivity contribution in [2.45, 2.75) is 20.8 Å². The van der Waals surface area contributed by atoms with Gasteiger partial charge in [0.25, 0.3) is 5.91 Å². The Morgan fingerprint density at radius 1 is 1.14 bits per heavy atom. The second-order valence-electron chi connectivity index (χ2n) is 4.89. The van der Waals surface area contributed by atoms with Crippen molar-refractivity contribution in [2.24, 2.45) is 0 Å². The summed E-state index contributed by atoms with van der Waals surface area (Å²) < 4.78 is 0. The lowest BCUT2D eigenvalue weighted by molar-refractivity contribution is 0.0957. The Hall–Kier alpha value is -1.58. The maximum Gasteiger partial charge on any atom is 0.252 e. The number of carbonyl (C=O) groups excluding carboxylic acids is 1. The van der Waals surface area contributed by atoms with Crippen LogP contribution >= 0.6 is 11.6 Å². The van der Waals surface area contributed by atoms with E-state index in [0.717, 1.165) is 5.19 Å². The summed E-state index contributed by atoms with van der Waals surface area (Å²) in [5.41, 5.74) is 3.14. The summed E-state index contributed by atoms with van der Waals surface area (Å²) in [6.07, 6.45) is 0. The monoisotopic (exact) mass is 315 g/mol. The summed E-state index contributed by atoms with van der Waals surface area (Å²) in [5.74, 6) is -0.101. The molecule has 0 atom stereocenters. The van der Waals surface area contributed by atoms with Gasteiger partial charge in [0.2, 0.25) is 0 Å². The van der Waals surface area contributed by atoms with Crippen LogP contribution in [0.4, 0.5) is 0 Å². The zero-order valence-corrected chi connectivity index (χ0v) is 14.2. The SMILES string of the molecule is CCNC(=O)c1c(Cl)cccc1[Si]c1cccc(C)c1C. The predicted octanol–water partition coefficient (Wildman–Crippen LogP) is 2.36. The van der Waals surface area contributed by atoms with Gasteiger partial charge >= 0.3 is 0 Å². The third kappa shape index (κ3) is 3.55. The lowest BCUT2D eigenvalue weighted by Gasteiger charge is -2.13. The number of aryl methyl sites for hydroxylation is 1. The number of nitrogens with one attached hydrogen (secondary N) is 1. The van der Waals surface area contributed by atoms with Crippen LogP contribution in [0.25, 0.3) is 0 Å². The van der Waals surface area contributed by atoms with Crippen LogP contribution in [0, 0.1) is 13.8 Å². The lowest BCUT2D eigenvalue weighted by atomic mass is 10.1. The zero-order chi connectivity index (χ0) is 15.4. The van der Waals surface area contributed by atoms with Gasteiger partial charge in [-0.05, 0) is 43.2 Å². The van der Waals surface area contributed by atoms with Crippen molar-refractivity contribution in [3.63, 3.8) is 0 Å². The first-order valence-electron chi connectivity index (χ1n) is 6.94. The predicted molar refractivity (Wildman–Crippen MR) is 90.4 cm³/mol. The molecule has 1 N–H and O–H groups in total. The highest BCUT2D eigenvalue weighted by atomic mass is 35.5. The third-order valence-electron chi connectivity index (χ3n) is 3.45. The highest BCUT2D eigenvalue weighted by Crippen LogP contribution is 2.13. The van der Waals surface area contributed by atoms with Crippen molar-refractivity contribution in [3.05, 3.63) is 58.1 Å². The molecule has 2 aromatic carbocycles.